The summed E-state index contributed by atoms with van der Waals surface area (Å²) < 4.78 is 0. The number of benzene rings is 1. The van der Waals surface area contributed by atoms with Crippen molar-refractivity contribution in [1.29, 1.82) is 0 Å². The third-order valence-corrected chi connectivity index (χ3v) is 6.48. The third-order valence-electron chi connectivity index (χ3n) is 5.31. The number of nitrogens with zero attached hydrogens (tertiary/aromatic N) is 4. The fourth-order valence-corrected chi connectivity index (χ4v) is 4.38. The van der Waals surface area contributed by atoms with E-state index in [9.17, 15) is 5.11 Å². The molecule has 7 nitrogen and oxygen atoms in total. The fraction of sp³-hybridized carbons (Fsp3) is 0.375. The van der Waals surface area contributed by atoms with E-state index in [0.717, 1.165) is 61.4 Å². The number of anilines is 2. The van der Waals surface area contributed by atoms with Crippen LogP contribution in [0, 0.1) is 0 Å². The zero-order chi connectivity index (χ0) is 22.9. The Morgan fingerprint density at radius 1 is 1.12 bits per heavy atom. The summed E-state index contributed by atoms with van der Waals surface area (Å²) in [5, 5.41) is 16.9. The van der Waals surface area contributed by atoms with Gasteiger partial charge in [-0.1, -0.05) is 54.3 Å². The Labute approximate surface area is 204 Å². The van der Waals surface area contributed by atoms with Crippen LogP contribution in [0.5, 0.6) is 5.75 Å². The molecule has 0 unspecified atom stereocenters. The van der Waals surface area contributed by atoms with Gasteiger partial charge in [0.2, 0.25) is 11.9 Å². The lowest BCUT2D eigenvalue weighted by Gasteiger charge is -2.27. The molecule has 0 bridgehead atoms. The van der Waals surface area contributed by atoms with E-state index in [1.54, 1.807) is 23.9 Å². The van der Waals surface area contributed by atoms with Gasteiger partial charge >= 0.3 is 0 Å². The van der Waals surface area contributed by atoms with Crippen molar-refractivity contribution in [1.82, 2.24) is 20.3 Å². The number of phenolic OH excluding ortho intramolecular Hbond substituents is 1. The number of allylic oxidation sites excluding steroid dienone is 6. The van der Waals surface area contributed by atoms with E-state index in [1.165, 1.54) is 5.57 Å². The van der Waals surface area contributed by atoms with Crippen LogP contribution in [0.2, 0.25) is 0 Å². The second kappa shape index (κ2) is 12.1. The molecule has 0 atom stereocenters. The molecule has 3 N–H and O–H groups in total. The van der Waals surface area contributed by atoms with Crippen molar-refractivity contribution in [3.05, 3.63) is 65.8 Å². The SMILES string of the molecule is Oc1ccc(CCNc2nc(SCCC=C3C=CC(Cl)C=C3)nc(N3CCNCC3)n2)cc1. The van der Waals surface area contributed by atoms with Gasteiger partial charge in [-0.15, -0.1) is 11.6 Å². The average molecular weight is 485 g/mol. The van der Waals surface area contributed by atoms with E-state index in [4.69, 9.17) is 16.6 Å². The van der Waals surface area contributed by atoms with Crippen molar-refractivity contribution in [3.8, 4) is 5.75 Å². The standard InChI is InChI=1S/C24H29ClN6OS/c25-20-7-3-18(4-8-20)2-1-17-33-24-29-22(27-12-11-19-5-9-21(32)10-6-19)28-23(30-24)31-15-13-26-14-16-31/h2-10,20,26,32H,1,11-17H2,(H,27,28,29,30). The maximum atomic E-state index is 9.45. The van der Waals surface area contributed by atoms with Crippen LogP contribution in [-0.2, 0) is 6.42 Å². The fourth-order valence-electron chi connectivity index (χ4n) is 3.51. The minimum Gasteiger partial charge on any atom is -0.508 e. The molecule has 1 saturated heterocycles. The van der Waals surface area contributed by atoms with Gasteiger partial charge in [-0.05, 0) is 36.1 Å². The van der Waals surface area contributed by atoms with Crippen LogP contribution in [0.25, 0.3) is 0 Å². The second-order valence-corrected chi connectivity index (χ2v) is 9.39. The van der Waals surface area contributed by atoms with Crippen LogP contribution in [-0.4, -0.2) is 63.9 Å². The van der Waals surface area contributed by atoms with Crippen LogP contribution in [0.4, 0.5) is 11.9 Å². The van der Waals surface area contributed by atoms with Crippen molar-refractivity contribution in [2.24, 2.45) is 0 Å². The van der Waals surface area contributed by atoms with Crippen molar-refractivity contribution in [2.45, 2.75) is 23.4 Å². The van der Waals surface area contributed by atoms with Crippen LogP contribution in [0.15, 0.2) is 65.4 Å². The first-order valence-electron chi connectivity index (χ1n) is 11.2. The zero-order valence-corrected chi connectivity index (χ0v) is 20.0. The molecule has 1 aliphatic heterocycles. The first-order chi connectivity index (χ1) is 16.2. The maximum absolute atomic E-state index is 9.45. The van der Waals surface area contributed by atoms with Crippen LogP contribution in [0.3, 0.4) is 0 Å². The van der Waals surface area contributed by atoms with E-state index in [-0.39, 0.29) is 11.1 Å². The van der Waals surface area contributed by atoms with Gasteiger partial charge in [0.05, 0.1) is 5.38 Å². The van der Waals surface area contributed by atoms with E-state index in [0.29, 0.717) is 12.5 Å². The van der Waals surface area contributed by atoms with E-state index < -0.39 is 0 Å². The van der Waals surface area contributed by atoms with Gasteiger partial charge in [0.15, 0.2) is 5.16 Å². The quantitative estimate of drug-likeness (QED) is 0.281. The number of aromatic hydroxyl groups is 1. The summed E-state index contributed by atoms with van der Waals surface area (Å²) in [6, 6.07) is 7.27. The number of hydrogen-bond donors (Lipinski definition) is 3. The van der Waals surface area contributed by atoms with Gasteiger partial charge in [-0.2, -0.15) is 15.0 Å². The smallest absolute Gasteiger partial charge is 0.231 e. The van der Waals surface area contributed by atoms with E-state index in [1.807, 2.05) is 24.3 Å². The summed E-state index contributed by atoms with van der Waals surface area (Å²) in [5.41, 5.74) is 2.33. The molecule has 1 fully saturated rings. The lowest BCUT2D eigenvalue weighted by Crippen LogP contribution is -2.44. The minimum absolute atomic E-state index is 0.00915. The monoisotopic (exact) mass is 484 g/mol. The van der Waals surface area contributed by atoms with E-state index >= 15 is 0 Å². The Kier molecular flexibility index (Phi) is 8.63. The van der Waals surface area contributed by atoms with Crippen molar-refractivity contribution in [2.75, 3.05) is 48.7 Å². The molecule has 1 aliphatic carbocycles. The molecule has 4 rings (SSSR count). The Hall–Kier alpha value is -2.55. The van der Waals surface area contributed by atoms with Crippen molar-refractivity contribution >= 4 is 35.3 Å². The van der Waals surface area contributed by atoms with Crippen molar-refractivity contribution in [3.63, 3.8) is 0 Å². The van der Waals surface area contributed by atoms with Crippen LogP contribution < -0.4 is 15.5 Å². The maximum Gasteiger partial charge on any atom is 0.231 e. The predicted octanol–water partition coefficient (Wildman–Crippen LogP) is 3.78. The third kappa shape index (κ3) is 7.48. The van der Waals surface area contributed by atoms with Crippen LogP contribution >= 0.6 is 23.4 Å². The molecule has 0 amide bonds. The van der Waals surface area contributed by atoms with E-state index in [2.05, 4.69) is 43.7 Å². The lowest BCUT2D eigenvalue weighted by atomic mass is 10.1. The van der Waals surface area contributed by atoms with Crippen LogP contribution in [0.1, 0.15) is 12.0 Å². The van der Waals surface area contributed by atoms with Gasteiger partial charge in [-0.3, -0.25) is 0 Å². The lowest BCUT2D eigenvalue weighted by molar-refractivity contribution is 0.475. The number of thioether (sulfide) groups is 1. The summed E-state index contributed by atoms with van der Waals surface area (Å²) in [6.45, 7) is 4.32. The highest BCUT2D eigenvalue weighted by Crippen LogP contribution is 2.21. The number of aromatic nitrogens is 3. The molecule has 1 aromatic heterocycles. The van der Waals surface area contributed by atoms with Gasteiger partial charge in [-0.25, -0.2) is 0 Å². The topological polar surface area (TPSA) is 86.2 Å². The number of hydrogen-bond acceptors (Lipinski definition) is 8. The average Bonchev–Trinajstić information content (AvgIpc) is 2.85. The number of piperazine rings is 1. The zero-order valence-electron chi connectivity index (χ0n) is 18.5. The minimum atomic E-state index is -0.00915. The number of nitrogens with one attached hydrogen (secondary N) is 2. The van der Waals surface area contributed by atoms with Gasteiger partial charge in [0.25, 0.3) is 0 Å². The molecule has 33 heavy (non-hydrogen) atoms. The first kappa shape index (κ1) is 23.6. The molecule has 1 aromatic carbocycles. The summed E-state index contributed by atoms with van der Waals surface area (Å²) >= 11 is 7.69. The Morgan fingerprint density at radius 2 is 1.88 bits per heavy atom. The Bertz CT molecular complexity index is 989. The molecule has 9 heteroatoms. The Morgan fingerprint density at radius 3 is 2.64 bits per heavy atom. The molecule has 2 aliphatic rings. The van der Waals surface area contributed by atoms with Gasteiger partial charge < -0.3 is 20.6 Å². The van der Waals surface area contributed by atoms with Crippen molar-refractivity contribution < 1.29 is 5.11 Å². The highest BCUT2D eigenvalue weighted by atomic mass is 35.5. The Balaban J connectivity index is 1.38. The second-order valence-electron chi connectivity index (χ2n) is 7.83. The highest BCUT2D eigenvalue weighted by Gasteiger charge is 2.16. The summed E-state index contributed by atoms with van der Waals surface area (Å²) in [5.74, 6) is 2.49. The summed E-state index contributed by atoms with van der Waals surface area (Å²) in [6.07, 6.45) is 12.0. The largest absolute Gasteiger partial charge is 0.508 e. The number of halogens is 1. The summed E-state index contributed by atoms with van der Waals surface area (Å²) in [7, 11) is 0. The normalized spacial score (nSPS) is 17.9. The highest BCUT2D eigenvalue weighted by molar-refractivity contribution is 7.99. The molecule has 0 radical (unpaired) electrons. The number of alkyl halides is 1. The number of rotatable bonds is 9. The molecule has 174 valence electrons. The summed E-state index contributed by atoms with van der Waals surface area (Å²) in [4.78, 5) is 16.3. The molecule has 0 spiro atoms. The van der Waals surface area contributed by atoms with Gasteiger partial charge in [0, 0.05) is 38.5 Å². The molecular formula is C24H29ClN6OS. The first-order valence-corrected chi connectivity index (χ1v) is 12.6. The molecular weight excluding hydrogens is 456 g/mol. The predicted molar refractivity (Wildman–Crippen MR) is 137 cm³/mol. The van der Waals surface area contributed by atoms with Gasteiger partial charge in [0.1, 0.15) is 5.75 Å². The molecule has 2 heterocycles. The molecule has 0 saturated carbocycles. The molecule has 2 aromatic rings. The number of phenols is 1.